The zero-order chi connectivity index (χ0) is 16.0. The second-order valence-electron chi connectivity index (χ2n) is 4.36. The molecule has 0 amide bonds. The molecule has 4 nitrogen and oxygen atoms in total. The van der Waals surface area contributed by atoms with Gasteiger partial charge in [-0.1, -0.05) is 47.2 Å². The molecule has 0 aliphatic carbocycles. The van der Waals surface area contributed by atoms with Crippen LogP contribution in [0.2, 0.25) is 10.0 Å². The summed E-state index contributed by atoms with van der Waals surface area (Å²) < 4.78 is 10.9. The molecule has 0 aromatic heterocycles. The minimum absolute atomic E-state index is 0.485. The standard InChI is InChI=1S/C8H8Cl2O2.C5H10N2S2/c1-11-7-3-6(10)8(12-2)4-5(7)9;1-6-3-7(2)5(8)9-4-6/h3-4H,1-2H3;3-4H2,1-2H3. The number of hydrogen-bond donors (Lipinski definition) is 0. The molecule has 8 heteroatoms. The normalized spacial score (nSPS) is 15.3. The molecule has 1 saturated heterocycles. The highest BCUT2D eigenvalue weighted by Gasteiger charge is 2.13. The molecule has 0 radical (unpaired) electrons. The van der Waals surface area contributed by atoms with Gasteiger partial charge in [-0.25, -0.2) is 0 Å². The lowest BCUT2D eigenvalue weighted by Crippen LogP contribution is -2.40. The SMILES string of the molecule is CN1CSC(=S)N(C)C1.COc1cc(Cl)c(OC)cc1Cl. The second kappa shape index (κ2) is 8.90. The molecular formula is C13H18Cl2N2O2S2. The van der Waals surface area contributed by atoms with E-state index in [4.69, 9.17) is 44.9 Å². The summed E-state index contributed by atoms with van der Waals surface area (Å²) in [6.07, 6.45) is 0. The Morgan fingerprint density at radius 2 is 1.57 bits per heavy atom. The third-order valence-electron chi connectivity index (χ3n) is 2.60. The number of hydrogen-bond acceptors (Lipinski definition) is 5. The van der Waals surface area contributed by atoms with Crippen LogP contribution in [0.1, 0.15) is 0 Å². The smallest absolute Gasteiger partial charge is 0.139 e. The third-order valence-corrected chi connectivity index (χ3v) is 4.98. The Morgan fingerprint density at radius 1 is 1.10 bits per heavy atom. The van der Waals surface area contributed by atoms with Crippen molar-refractivity contribution in [3.63, 3.8) is 0 Å². The Morgan fingerprint density at radius 3 is 1.90 bits per heavy atom. The molecule has 1 aliphatic heterocycles. The largest absolute Gasteiger partial charge is 0.495 e. The maximum absolute atomic E-state index is 5.82. The predicted octanol–water partition coefficient (Wildman–Crippen LogP) is 3.81. The van der Waals surface area contributed by atoms with Gasteiger partial charge in [0.05, 0.1) is 36.8 Å². The molecule has 0 atom stereocenters. The lowest BCUT2D eigenvalue weighted by molar-refractivity contribution is 0.278. The summed E-state index contributed by atoms with van der Waals surface area (Å²) >= 11 is 18.4. The molecule has 0 bridgehead atoms. The molecule has 21 heavy (non-hydrogen) atoms. The molecule has 0 spiro atoms. The van der Waals surface area contributed by atoms with Gasteiger partial charge in [0.25, 0.3) is 0 Å². The van der Waals surface area contributed by atoms with Crippen molar-refractivity contribution >= 4 is 51.5 Å². The summed E-state index contributed by atoms with van der Waals surface area (Å²) in [5, 5.41) is 0.970. The Kier molecular flexibility index (Phi) is 7.90. The van der Waals surface area contributed by atoms with Crippen LogP contribution in [-0.4, -0.2) is 55.0 Å². The van der Waals surface area contributed by atoms with E-state index in [1.54, 1.807) is 23.9 Å². The van der Waals surface area contributed by atoms with E-state index in [0.29, 0.717) is 21.5 Å². The monoisotopic (exact) mass is 368 g/mol. The Hall–Kier alpha value is -0.400. The number of halogens is 2. The summed E-state index contributed by atoms with van der Waals surface area (Å²) in [4.78, 5) is 4.30. The van der Waals surface area contributed by atoms with E-state index in [9.17, 15) is 0 Å². The fourth-order valence-corrected chi connectivity index (χ4v) is 2.93. The van der Waals surface area contributed by atoms with Crippen LogP contribution in [0.25, 0.3) is 0 Å². The summed E-state index contributed by atoms with van der Waals surface area (Å²) in [5.74, 6) is 2.12. The zero-order valence-corrected chi connectivity index (χ0v) is 15.5. The van der Waals surface area contributed by atoms with E-state index in [1.807, 2.05) is 7.05 Å². The van der Waals surface area contributed by atoms with Gasteiger partial charge < -0.3 is 14.4 Å². The van der Waals surface area contributed by atoms with Crippen LogP contribution in [0.5, 0.6) is 11.5 Å². The third kappa shape index (κ3) is 5.71. The highest BCUT2D eigenvalue weighted by Crippen LogP contribution is 2.35. The highest BCUT2D eigenvalue weighted by molar-refractivity contribution is 8.22. The van der Waals surface area contributed by atoms with Gasteiger partial charge in [0.1, 0.15) is 15.8 Å². The molecule has 0 N–H and O–H groups in total. The van der Waals surface area contributed by atoms with Gasteiger partial charge in [-0.05, 0) is 7.05 Å². The van der Waals surface area contributed by atoms with Gasteiger partial charge in [0.2, 0.25) is 0 Å². The second-order valence-corrected chi connectivity index (χ2v) is 6.75. The lowest BCUT2D eigenvalue weighted by Gasteiger charge is -2.31. The number of thioether (sulfide) groups is 1. The first-order chi connectivity index (χ1) is 9.88. The molecule has 1 aromatic carbocycles. The van der Waals surface area contributed by atoms with Crippen LogP contribution in [-0.2, 0) is 0 Å². The molecule has 1 aliphatic rings. The molecule has 0 unspecified atom stereocenters. The number of ether oxygens (including phenoxy) is 2. The van der Waals surface area contributed by atoms with Crippen molar-refractivity contribution in [1.82, 2.24) is 9.80 Å². The average Bonchev–Trinajstić information content (AvgIpc) is 2.46. The van der Waals surface area contributed by atoms with Crippen molar-refractivity contribution in [3.05, 3.63) is 22.2 Å². The van der Waals surface area contributed by atoms with Crippen LogP contribution in [0.15, 0.2) is 12.1 Å². The lowest BCUT2D eigenvalue weighted by atomic mass is 10.3. The topological polar surface area (TPSA) is 24.9 Å². The summed E-state index contributed by atoms with van der Waals surface area (Å²) in [7, 11) is 7.17. The number of methoxy groups -OCH3 is 2. The number of rotatable bonds is 2. The number of benzene rings is 1. The van der Waals surface area contributed by atoms with Gasteiger partial charge in [-0.15, -0.1) is 0 Å². The first-order valence-electron chi connectivity index (χ1n) is 6.02. The van der Waals surface area contributed by atoms with Crippen LogP contribution in [0, 0.1) is 0 Å². The van der Waals surface area contributed by atoms with Crippen LogP contribution < -0.4 is 9.47 Å². The van der Waals surface area contributed by atoms with E-state index in [-0.39, 0.29) is 0 Å². The van der Waals surface area contributed by atoms with E-state index >= 15 is 0 Å². The molecule has 1 aromatic rings. The van der Waals surface area contributed by atoms with Crippen molar-refractivity contribution in [2.45, 2.75) is 0 Å². The predicted molar refractivity (Wildman–Crippen MR) is 95.0 cm³/mol. The minimum Gasteiger partial charge on any atom is -0.495 e. The van der Waals surface area contributed by atoms with Gasteiger partial charge in [-0.2, -0.15) is 0 Å². The fourth-order valence-electron chi connectivity index (χ4n) is 1.56. The molecule has 1 fully saturated rings. The summed E-state index contributed by atoms with van der Waals surface area (Å²) in [6, 6.07) is 3.23. The first-order valence-corrected chi connectivity index (χ1v) is 8.17. The quantitative estimate of drug-likeness (QED) is 0.736. The summed E-state index contributed by atoms with van der Waals surface area (Å²) in [6.45, 7) is 0.964. The van der Waals surface area contributed by atoms with E-state index < -0.39 is 0 Å². The number of nitrogens with zero attached hydrogens (tertiary/aromatic N) is 2. The van der Waals surface area contributed by atoms with Gasteiger partial charge >= 0.3 is 0 Å². The minimum atomic E-state index is 0.485. The maximum Gasteiger partial charge on any atom is 0.139 e. The van der Waals surface area contributed by atoms with Crippen molar-refractivity contribution in [3.8, 4) is 11.5 Å². The van der Waals surface area contributed by atoms with Crippen LogP contribution in [0.4, 0.5) is 0 Å². The van der Waals surface area contributed by atoms with Gasteiger partial charge in [0, 0.05) is 19.2 Å². The Balaban J connectivity index is 0.000000219. The molecule has 2 rings (SSSR count). The van der Waals surface area contributed by atoms with Gasteiger partial charge in [-0.3, -0.25) is 4.90 Å². The highest BCUT2D eigenvalue weighted by atomic mass is 35.5. The van der Waals surface area contributed by atoms with Gasteiger partial charge in [0.15, 0.2) is 0 Å². The van der Waals surface area contributed by atoms with Crippen molar-refractivity contribution in [1.29, 1.82) is 0 Å². The molecule has 1 heterocycles. The Bertz CT molecular complexity index is 474. The van der Waals surface area contributed by atoms with Crippen LogP contribution in [0.3, 0.4) is 0 Å². The maximum atomic E-state index is 5.82. The first kappa shape index (κ1) is 18.6. The Labute approximate surface area is 145 Å². The average molecular weight is 369 g/mol. The molecular weight excluding hydrogens is 351 g/mol. The molecule has 118 valence electrons. The summed E-state index contributed by atoms with van der Waals surface area (Å²) in [5.41, 5.74) is 0. The van der Waals surface area contributed by atoms with Crippen molar-refractivity contribution in [2.75, 3.05) is 40.9 Å². The zero-order valence-electron chi connectivity index (χ0n) is 12.4. The van der Waals surface area contributed by atoms with E-state index in [1.165, 1.54) is 14.2 Å². The fraction of sp³-hybridized carbons (Fsp3) is 0.462. The van der Waals surface area contributed by atoms with Crippen molar-refractivity contribution in [2.24, 2.45) is 0 Å². The van der Waals surface area contributed by atoms with E-state index in [2.05, 4.69) is 16.8 Å². The molecule has 0 saturated carbocycles. The van der Waals surface area contributed by atoms with Crippen LogP contribution >= 0.6 is 47.2 Å². The van der Waals surface area contributed by atoms with E-state index in [0.717, 1.165) is 16.9 Å². The number of thiocarbonyl (C=S) groups is 1. The van der Waals surface area contributed by atoms with Crippen molar-refractivity contribution < 1.29 is 9.47 Å².